The Hall–Kier alpha value is -2.75. The molecular weight excluding hydrogens is 408 g/mol. The van der Waals surface area contributed by atoms with Crippen molar-refractivity contribution in [1.29, 1.82) is 0 Å². The summed E-state index contributed by atoms with van der Waals surface area (Å²) < 4.78 is 38.9. The SMILES string of the molecule is COCCOc1ccc(C(=O)N2CCCC([C@@H]3C[C@H](C(F)F)n4ncnc4N3)C2)cc1. The van der Waals surface area contributed by atoms with Crippen molar-refractivity contribution in [2.24, 2.45) is 5.92 Å². The summed E-state index contributed by atoms with van der Waals surface area (Å²) in [6.45, 7) is 2.11. The molecule has 1 N–H and O–H groups in total. The van der Waals surface area contributed by atoms with Crippen LogP contribution in [0.25, 0.3) is 0 Å². The summed E-state index contributed by atoms with van der Waals surface area (Å²) >= 11 is 0. The quantitative estimate of drug-likeness (QED) is 0.674. The van der Waals surface area contributed by atoms with E-state index < -0.39 is 12.5 Å². The lowest BCUT2D eigenvalue weighted by molar-refractivity contribution is 0.0504. The van der Waals surface area contributed by atoms with Gasteiger partial charge in [-0.15, -0.1) is 0 Å². The van der Waals surface area contributed by atoms with Gasteiger partial charge >= 0.3 is 0 Å². The van der Waals surface area contributed by atoms with E-state index in [2.05, 4.69) is 15.4 Å². The van der Waals surface area contributed by atoms with E-state index in [0.29, 0.717) is 43.6 Å². The van der Waals surface area contributed by atoms with Crippen LogP contribution in [0.4, 0.5) is 14.7 Å². The van der Waals surface area contributed by atoms with Crippen LogP contribution in [0.2, 0.25) is 0 Å². The molecule has 0 saturated carbocycles. The molecular formula is C21H27F2N5O3. The third kappa shape index (κ3) is 4.79. The lowest BCUT2D eigenvalue weighted by Crippen LogP contribution is -2.48. The highest BCUT2D eigenvalue weighted by atomic mass is 19.3. The smallest absolute Gasteiger partial charge is 0.260 e. The molecule has 10 heteroatoms. The number of hydrogen-bond donors (Lipinski definition) is 1. The van der Waals surface area contributed by atoms with Crippen LogP contribution in [0.3, 0.4) is 0 Å². The number of carbonyl (C=O) groups excluding carboxylic acids is 1. The van der Waals surface area contributed by atoms with Crippen LogP contribution in [0.5, 0.6) is 5.75 Å². The minimum Gasteiger partial charge on any atom is -0.491 e. The number of ether oxygens (including phenoxy) is 2. The van der Waals surface area contributed by atoms with E-state index in [4.69, 9.17) is 9.47 Å². The Kier molecular flexibility index (Phi) is 6.64. The zero-order valence-electron chi connectivity index (χ0n) is 17.4. The molecule has 4 rings (SSSR count). The van der Waals surface area contributed by atoms with Gasteiger partial charge in [0.25, 0.3) is 12.3 Å². The summed E-state index contributed by atoms with van der Waals surface area (Å²) in [5.74, 6) is 1.06. The molecule has 1 fully saturated rings. The zero-order chi connectivity index (χ0) is 21.8. The van der Waals surface area contributed by atoms with E-state index in [0.717, 1.165) is 12.8 Å². The first-order chi connectivity index (χ1) is 15.1. The fourth-order valence-corrected chi connectivity index (χ4v) is 4.34. The minimum atomic E-state index is -2.52. The number of aromatic nitrogens is 3. The molecule has 8 nitrogen and oxygen atoms in total. The van der Waals surface area contributed by atoms with Gasteiger partial charge in [0.1, 0.15) is 24.7 Å². The van der Waals surface area contributed by atoms with Gasteiger partial charge in [-0.3, -0.25) is 4.79 Å². The number of hydrogen-bond acceptors (Lipinski definition) is 6. The molecule has 0 bridgehead atoms. The third-order valence-corrected chi connectivity index (χ3v) is 5.96. The molecule has 2 aliphatic rings. The Morgan fingerprint density at radius 2 is 2.10 bits per heavy atom. The molecule has 3 heterocycles. The highest BCUT2D eigenvalue weighted by molar-refractivity contribution is 5.94. The van der Waals surface area contributed by atoms with Gasteiger partial charge in [0.15, 0.2) is 0 Å². The molecule has 168 valence electrons. The predicted molar refractivity (Wildman–Crippen MR) is 110 cm³/mol. The van der Waals surface area contributed by atoms with E-state index in [1.54, 1.807) is 31.4 Å². The number of benzene rings is 1. The van der Waals surface area contributed by atoms with Gasteiger partial charge in [-0.05, 0) is 49.4 Å². The van der Waals surface area contributed by atoms with E-state index in [1.807, 2.05) is 4.90 Å². The summed E-state index contributed by atoms with van der Waals surface area (Å²) in [5, 5.41) is 7.19. The topological polar surface area (TPSA) is 81.5 Å². The van der Waals surface area contributed by atoms with Crippen LogP contribution in [0.15, 0.2) is 30.6 Å². The fourth-order valence-electron chi connectivity index (χ4n) is 4.34. The predicted octanol–water partition coefficient (Wildman–Crippen LogP) is 2.85. The first-order valence-corrected chi connectivity index (χ1v) is 10.5. The van der Waals surface area contributed by atoms with Crippen LogP contribution < -0.4 is 10.1 Å². The maximum absolute atomic E-state index is 13.6. The summed E-state index contributed by atoms with van der Waals surface area (Å²) in [5.41, 5.74) is 0.585. The summed E-state index contributed by atoms with van der Waals surface area (Å²) in [6, 6.07) is 5.87. The number of anilines is 1. The maximum Gasteiger partial charge on any atom is 0.260 e. The Morgan fingerprint density at radius 1 is 1.29 bits per heavy atom. The van der Waals surface area contributed by atoms with Gasteiger partial charge in [0.05, 0.1) is 6.61 Å². The van der Waals surface area contributed by atoms with E-state index >= 15 is 0 Å². The zero-order valence-corrected chi connectivity index (χ0v) is 17.4. The molecule has 0 spiro atoms. The second-order valence-electron chi connectivity index (χ2n) is 7.94. The van der Waals surface area contributed by atoms with Crippen molar-refractivity contribution >= 4 is 11.9 Å². The van der Waals surface area contributed by atoms with E-state index in [1.165, 1.54) is 11.0 Å². The Morgan fingerprint density at radius 3 is 2.84 bits per heavy atom. The summed E-state index contributed by atoms with van der Waals surface area (Å²) in [7, 11) is 1.61. The molecule has 1 saturated heterocycles. The van der Waals surface area contributed by atoms with Crippen molar-refractivity contribution in [2.45, 2.75) is 37.8 Å². The third-order valence-electron chi connectivity index (χ3n) is 5.96. The van der Waals surface area contributed by atoms with Crippen LogP contribution in [-0.2, 0) is 4.74 Å². The second-order valence-corrected chi connectivity index (χ2v) is 7.94. The number of methoxy groups -OCH3 is 1. The summed E-state index contributed by atoms with van der Waals surface area (Å²) in [4.78, 5) is 18.9. The molecule has 2 aromatic rings. The van der Waals surface area contributed by atoms with Gasteiger partial charge in [-0.2, -0.15) is 10.1 Å². The lowest BCUT2D eigenvalue weighted by atomic mass is 9.86. The van der Waals surface area contributed by atoms with Crippen molar-refractivity contribution in [2.75, 3.05) is 38.7 Å². The molecule has 1 aromatic carbocycles. The molecule has 0 radical (unpaired) electrons. The number of piperidine rings is 1. The van der Waals surface area contributed by atoms with Crippen molar-refractivity contribution in [3.63, 3.8) is 0 Å². The van der Waals surface area contributed by atoms with Crippen molar-refractivity contribution < 1.29 is 23.0 Å². The first-order valence-electron chi connectivity index (χ1n) is 10.5. The van der Waals surface area contributed by atoms with Crippen molar-refractivity contribution in [1.82, 2.24) is 19.7 Å². The van der Waals surface area contributed by atoms with Crippen molar-refractivity contribution in [3.8, 4) is 5.75 Å². The molecule has 1 aromatic heterocycles. The number of halogens is 2. The fraction of sp³-hybridized carbons (Fsp3) is 0.571. The first kappa shape index (κ1) is 21.5. The van der Waals surface area contributed by atoms with Crippen LogP contribution in [0.1, 0.15) is 35.7 Å². The maximum atomic E-state index is 13.6. The minimum absolute atomic E-state index is 0.0578. The van der Waals surface area contributed by atoms with E-state index in [-0.39, 0.29) is 24.3 Å². The number of fused-ring (bicyclic) bond motifs is 1. The normalized spacial score (nSPS) is 23.4. The van der Waals surface area contributed by atoms with Crippen LogP contribution >= 0.6 is 0 Å². The standard InChI is InChI=1S/C21H27F2N5O3/c1-30-9-10-31-16-6-4-14(5-7-16)20(29)27-8-2-3-15(12-27)17-11-18(19(22)23)28-21(26-17)24-13-25-28/h4-7,13,15,17-19H,2-3,8-12H2,1H3,(H,24,25,26)/t15?,17-,18+/m0/s1. The number of nitrogens with one attached hydrogen (secondary N) is 1. The Balaban J connectivity index is 1.40. The average Bonchev–Trinajstić information content (AvgIpc) is 3.27. The Bertz CT molecular complexity index is 876. The molecule has 0 aliphatic carbocycles. The molecule has 1 unspecified atom stereocenters. The number of likely N-dealkylation sites (tertiary alicyclic amines) is 1. The highest BCUT2D eigenvalue weighted by Crippen LogP contribution is 2.35. The number of amides is 1. The Labute approximate surface area is 179 Å². The van der Waals surface area contributed by atoms with Gasteiger partial charge in [0, 0.05) is 31.8 Å². The number of carbonyl (C=O) groups is 1. The lowest BCUT2D eigenvalue weighted by Gasteiger charge is -2.40. The molecule has 31 heavy (non-hydrogen) atoms. The van der Waals surface area contributed by atoms with Crippen molar-refractivity contribution in [3.05, 3.63) is 36.2 Å². The monoisotopic (exact) mass is 435 g/mol. The van der Waals surface area contributed by atoms with Gasteiger partial charge < -0.3 is 19.7 Å². The number of rotatable bonds is 7. The largest absolute Gasteiger partial charge is 0.491 e. The number of nitrogens with zero attached hydrogens (tertiary/aromatic N) is 4. The van der Waals surface area contributed by atoms with Crippen LogP contribution in [0, 0.1) is 5.92 Å². The summed E-state index contributed by atoms with van der Waals surface area (Å²) in [6.07, 6.45) is 0.737. The van der Waals surface area contributed by atoms with Gasteiger partial charge in [-0.1, -0.05) is 0 Å². The van der Waals surface area contributed by atoms with E-state index in [9.17, 15) is 13.6 Å². The molecule has 1 amide bonds. The average molecular weight is 435 g/mol. The highest BCUT2D eigenvalue weighted by Gasteiger charge is 2.39. The van der Waals surface area contributed by atoms with Crippen LogP contribution in [-0.4, -0.2) is 71.5 Å². The second kappa shape index (κ2) is 9.59. The number of alkyl halides is 2. The van der Waals surface area contributed by atoms with Gasteiger partial charge in [0.2, 0.25) is 5.95 Å². The van der Waals surface area contributed by atoms with Gasteiger partial charge in [-0.25, -0.2) is 13.5 Å². The molecule has 3 atom stereocenters. The molecule has 2 aliphatic heterocycles.